The molecule has 4 nitrogen and oxygen atoms in total. The van der Waals surface area contributed by atoms with Crippen LogP contribution in [-0.4, -0.2) is 11.6 Å². The summed E-state index contributed by atoms with van der Waals surface area (Å²) >= 11 is 1.55. The number of para-hydroxylation sites is 1. The van der Waals surface area contributed by atoms with Crippen molar-refractivity contribution in [3.05, 3.63) is 46.4 Å². The number of ether oxygens (including phenoxy) is 1. The van der Waals surface area contributed by atoms with Gasteiger partial charge in [0.25, 0.3) is 0 Å². The molecular formula is C13H17N3OS. The van der Waals surface area contributed by atoms with Crippen LogP contribution in [0.3, 0.4) is 0 Å². The molecule has 1 aromatic carbocycles. The predicted molar refractivity (Wildman–Crippen MR) is 73.5 cm³/mol. The number of nitrogens with two attached hydrogens (primary N) is 1. The van der Waals surface area contributed by atoms with E-state index in [9.17, 15) is 0 Å². The van der Waals surface area contributed by atoms with Crippen molar-refractivity contribution in [2.75, 3.05) is 6.61 Å². The molecule has 3 N–H and O–H groups in total. The van der Waals surface area contributed by atoms with Crippen LogP contribution in [-0.2, 0) is 0 Å². The van der Waals surface area contributed by atoms with Gasteiger partial charge in [-0.2, -0.15) is 0 Å². The Morgan fingerprint density at radius 3 is 2.94 bits per heavy atom. The molecule has 1 heterocycles. The van der Waals surface area contributed by atoms with E-state index < -0.39 is 0 Å². The highest BCUT2D eigenvalue weighted by atomic mass is 32.1. The Kier molecular flexibility index (Phi) is 4.69. The van der Waals surface area contributed by atoms with Gasteiger partial charge in [-0.1, -0.05) is 25.1 Å². The van der Waals surface area contributed by atoms with Crippen molar-refractivity contribution in [2.24, 2.45) is 5.84 Å². The van der Waals surface area contributed by atoms with Crippen LogP contribution in [0.5, 0.6) is 5.75 Å². The van der Waals surface area contributed by atoms with Crippen LogP contribution >= 0.6 is 11.3 Å². The standard InChI is InChI=1S/C13H17N3OS/c1-2-7-17-12-6-4-3-5-10(12)13(16-14)11-8-18-9-15-11/h3-6,8-9,13,16H,2,7,14H2,1H3. The molecule has 18 heavy (non-hydrogen) atoms. The third-order valence-electron chi connectivity index (χ3n) is 2.61. The number of benzene rings is 1. The first-order valence-electron chi connectivity index (χ1n) is 5.92. The number of thiazole rings is 1. The lowest BCUT2D eigenvalue weighted by Gasteiger charge is -2.18. The summed E-state index contributed by atoms with van der Waals surface area (Å²) in [6.07, 6.45) is 0.978. The molecule has 5 heteroatoms. The largest absolute Gasteiger partial charge is 0.493 e. The maximum atomic E-state index is 5.75. The van der Waals surface area contributed by atoms with Gasteiger partial charge < -0.3 is 4.74 Å². The minimum atomic E-state index is -0.135. The second kappa shape index (κ2) is 6.49. The molecule has 0 aliphatic rings. The average Bonchev–Trinajstić information content (AvgIpc) is 2.92. The summed E-state index contributed by atoms with van der Waals surface area (Å²) in [6, 6.07) is 7.77. The Bertz CT molecular complexity index is 473. The number of nitrogens with one attached hydrogen (secondary N) is 1. The minimum Gasteiger partial charge on any atom is -0.493 e. The van der Waals surface area contributed by atoms with Crippen molar-refractivity contribution in [3.63, 3.8) is 0 Å². The van der Waals surface area contributed by atoms with E-state index in [4.69, 9.17) is 10.6 Å². The topological polar surface area (TPSA) is 60.2 Å². The monoisotopic (exact) mass is 263 g/mol. The molecule has 2 aromatic rings. The zero-order chi connectivity index (χ0) is 12.8. The minimum absolute atomic E-state index is 0.135. The summed E-state index contributed by atoms with van der Waals surface area (Å²) in [7, 11) is 0. The van der Waals surface area contributed by atoms with Crippen molar-refractivity contribution in [1.29, 1.82) is 0 Å². The summed E-state index contributed by atoms with van der Waals surface area (Å²) in [5.74, 6) is 6.51. The van der Waals surface area contributed by atoms with Crippen molar-refractivity contribution >= 4 is 11.3 Å². The predicted octanol–water partition coefficient (Wildman–Crippen LogP) is 2.48. The molecule has 0 saturated heterocycles. The molecule has 96 valence electrons. The molecular weight excluding hydrogens is 246 g/mol. The molecule has 0 aliphatic heterocycles. The fourth-order valence-corrected chi connectivity index (χ4v) is 2.34. The smallest absolute Gasteiger partial charge is 0.124 e. The van der Waals surface area contributed by atoms with Crippen LogP contribution in [0.25, 0.3) is 0 Å². The first-order chi connectivity index (χ1) is 8.86. The zero-order valence-electron chi connectivity index (χ0n) is 10.3. The van der Waals surface area contributed by atoms with Gasteiger partial charge in [0, 0.05) is 10.9 Å². The molecule has 0 aliphatic carbocycles. The molecule has 2 rings (SSSR count). The number of nitrogens with zero attached hydrogens (tertiary/aromatic N) is 1. The number of rotatable bonds is 6. The molecule has 0 saturated carbocycles. The van der Waals surface area contributed by atoms with Crippen molar-refractivity contribution in [1.82, 2.24) is 10.4 Å². The number of hydrogen-bond donors (Lipinski definition) is 2. The van der Waals surface area contributed by atoms with Crippen LogP contribution in [0.15, 0.2) is 35.2 Å². The van der Waals surface area contributed by atoms with Crippen LogP contribution in [0, 0.1) is 0 Å². The van der Waals surface area contributed by atoms with Crippen LogP contribution in [0.4, 0.5) is 0 Å². The molecule has 0 fully saturated rings. The first kappa shape index (κ1) is 13.0. The van der Waals surface area contributed by atoms with E-state index in [-0.39, 0.29) is 6.04 Å². The molecule has 1 atom stereocenters. The van der Waals surface area contributed by atoms with E-state index in [1.807, 2.05) is 29.6 Å². The number of aromatic nitrogens is 1. The number of hydrogen-bond acceptors (Lipinski definition) is 5. The second-order valence-electron chi connectivity index (χ2n) is 3.90. The lowest BCUT2D eigenvalue weighted by molar-refractivity contribution is 0.311. The first-order valence-corrected chi connectivity index (χ1v) is 6.87. The van der Waals surface area contributed by atoms with Crippen molar-refractivity contribution in [2.45, 2.75) is 19.4 Å². The SMILES string of the molecule is CCCOc1ccccc1C(NN)c1cscn1. The molecule has 1 unspecified atom stereocenters. The lowest BCUT2D eigenvalue weighted by Crippen LogP contribution is -2.29. The van der Waals surface area contributed by atoms with Gasteiger partial charge in [0.05, 0.1) is 23.9 Å². The Balaban J connectivity index is 2.30. The van der Waals surface area contributed by atoms with Crippen molar-refractivity contribution < 1.29 is 4.74 Å². The van der Waals surface area contributed by atoms with E-state index >= 15 is 0 Å². The number of hydrazine groups is 1. The summed E-state index contributed by atoms with van der Waals surface area (Å²) in [6.45, 7) is 2.78. The maximum absolute atomic E-state index is 5.75. The summed E-state index contributed by atoms with van der Waals surface area (Å²) in [5.41, 5.74) is 6.53. The molecule has 1 aromatic heterocycles. The van der Waals surface area contributed by atoms with Gasteiger partial charge in [0.1, 0.15) is 5.75 Å². The van der Waals surface area contributed by atoms with Gasteiger partial charge in [-0.15, -0.1) is 11.3 Å². The Labute approximate surface area is 111 Å². The highest BCUT2D eigenvalue weighted by molar-refractivity contribution is 7.07. The van der Waals surface area contributed by atoms with Crippen LogP contribution in [0.1, 0.15) is 30.6 Å². The highest BCUT2D eigenvalue weighted by Crippen LogP contribution is 2.29. The normalized spacial score (nSPS) is 12.3. The van der Waals surface area contributed by atoms with Gasteiger partial charge in [-0.25, -0.2) is 10.4 Å². The van der Waals surface area contributed by atoms with Crippen molar-refractivity contribution in [3.8, 4) is 5.75 Å². The Morgan fingerprint density at radius 1 is 1.44 bits per heavy atom. The quantitative estimate of drug-likeness (QED) is 0.621. The third-order valence-corrected chi connectivity index (χ3v) is 3.21. The third kappa shape index (κ3) is 2.87. The van der Waals surface area contributed by atoms with E-state index in [0.29, 0.717) is 6.61 Å². The second-order valence-corrected chi connectivity index (χ2v) is 4.62. The molecule has 0 spiro atoms. The molecule has 0 radical (unpaired) electrons. The average molecular weight is 263 g/mol. The Morgan fingerprint density at radius 2 is 2.28 bits per heavy atom. The molecule has 0 amide bonds. The van der Waals surface area contributed by atoms with Gasteiger partial charge >= 0.3 is 0 Å². The molecule has 0 bridgehead atoms. The zero-order valence-corrected chi connectivity index (χ0v) is 11.1. The fraction of sp³-hybridized carbons (Fsp3) is 0.308. The van der Waals surface area contributed by atoms with E-state index in [2.05, 4.69) is 17.3 Å². The van der Waals surface area contributed by atoms with Gasteiger partial charge in [-0.05, 0) is 12.5 Å². The lowest BCUT2D eigenvalue weighted by atomic mass is 10.0. The fourth-order valence-electron chi connectivity index (χ4n) is 1.76. The summed E-state index contributed by atoms with van der Waals surface area (Å²) in [4.78, 5) is 4.31. The van der Waals surface area contributed by atoms with E-state index in [1.54, 1.807) is 16.8 Å². The van der Waals surface area contributed by atoms with Crippen LogP contribution < -0.4 is 16.0 Å². The van der Waals surface area contributed by atoms with E-state index in [1.165, 1.54) is 0 Å². The van der Waals surface area contributed by atoms with Gasteiger partial charge in [0.2, 0.25) is 0 Å². The van der Waals surface area contributed by atoms with Gasteiger partial charge in [-0.3, -0.25) is 5.84 Å². The maximum Gasteiger partial charge on any atom is 0.124 e. The van der Waals surface area contributed by atoms with Gasteiger partial charge in [0.15, 0.2) is 0 Å². The Hall–Kier alpha value is -1.43. The highest BCUT2D eigenvalue weighted by Gasteiger charge is 2.18. The van der Waals surface area contributed by atoms with E-state index in [0.717, 1.165) is 23.4 Å². The van der Waals surface area contributed by atoms with Crippen LogP contribution in [0.2, 0.25) is 0 Å². The summed E-state index contributed by atoms with van der Waals surface area (Å²) in [5, 5.41) is 1.99. The summed E-state index contributed by atoms with van der Waals surface area (Å²) < 4.78 is 5.75.